The van der Waals surface area contributed by atoms with Crippen molar-refractivity contribution in [3.8, 4) is 0 Å². The van der Waals surface area contributed by atoms with E-state index in [0.717, 1.165) is 32.0 Å². The van der Waals surface area contributed by atoms with Crippen LogP contribution < -0.4 is 10.6 Å². The summed E-state index contributed by atoms with van der Waals surface area (Å²) in [6.07, 6.45) is 3.43. The predicted molar refractivity (Wildman–Crippen MR) is 117 cm³/mol. The Bertz CT molecular complexity index is 832. The lowest BCUT2D eigenvalue weighted by Gasteiger charge is -2.30. The second kappa shape index (κ2) is 10.2. The summed E-state index contributed by atoms with van der Waals surface area (Å²) in [4.78, 5) is 27.5. The maximum atomic E-state index is 12.7. The molecule has 0 saturated carbocycles. The molecule has 3 rings (SSSR count). The highest BCUT2D eigenvalue weighted by Gasteiger charge is 2.17. The van der Waals surface area contributed by atoms with E-state index in [0.29, 0.717) is 23.4 Å². The number of para-hydroxylation sites is 1. The summed E-state index contributed by atoms with van der Waals surface area (Å²) in [5, 5.41) is 5.74. The molecule has 2 N–H and O–H groups in total. The van der Waals surface area contributed by atoms with E-state index in [-0.39, 0.29) is 11.8 Å². The number of nitrogens with zero attached hydrogens (tertiary/aromatic N) is 1. The van der Waals surface area contributed by atoms with Crippen LogP contribution in [0.3, 0.4) is 0 Å². The van der Waals surface area contributed by atoms with Crippen LogP contribution in [0.15, 0.2) is 48.5 Å². The van der Waals surface area contributed by atoms with Crippen molar-refractivity contribution >= 4 is 17.5 Å². The van der Waals surface area contributed by atoms with Gasteiger partial charge in [-0.1, -0.05) is 38.1 Å². The van der Waals surface area contributed by atoms with E-state index in [2.05, 4.69) is 22.5 Å². The molecule has 0 radical (unpaired) electrons. The van der Waals surface area contributed by atoms with E-state index in [9.17, 15) is 9.59 Å². The summed E-state index contributed by atoms with van der Waals surface area (Å²) < 4.78 is 0. The molecule has 154 valence electrons. The van der Waals surface area contributed by atoms with E-state index in [1.54, 1.807) is 18.2 Å². The zero-order valence-corrected chi connectivity index (χ0v) is 17.4. The third-order valence-electron chi connectivity index (χ3n) is 5.32. The standard InChI is InChI=1S/C24H31N3O2/c1-3-14-25-24(29)21-8-4-5-9-22(21)26-23(28)20-12-10-19(11-13-20)17-27-15-6-7-18(2)16-27/h4-5,8-13,18H,3,6-7,14-17H2,1-2H3,(H,25,29)(H,26,28). The predicted octanol–water partition coefficient (Wildman–Crippen LogP) is 4.31. The lowest BCUT2D eigenvalue weighted by Crippen LogP contribution is -2.33. The second-order valence-corrected chi connectivity index (χ2v) is 7.94. The van der Waals surface area contributed by atoms with Crippen molar-refractivity contribution in [3.05, 3.63) is 65.2 Å². The zero-order chi connectivity index (χ0) is 20.6. The van der Waals surface area contributed by atoms with E-state index in [1.165, 1.54) is 18.4 Å². The van der Waals surface area contributed by atoms with Crippen LogP contribution in [0.2, 0.25) is 0 Å². The molecule has 1 fully saturated rings. The van der Waals surface area contributed by atoms with Gasteiger partial charge in [-0.05, 0) is 61.6 Å². The van der Waals surface area contributed by atoms with Crippen molar-refractivity contribution in [2.24, 2.45) is 5.92 Å². The normalized spacial score (nSPS) is 17.0. The Morgan fingerprint density at radius 3 is 2.55 bits per heavy atom. The smallest absolute Gasteiger partial charge is 0.255 e. The topological polar surface area (TPSA) is 61.4 Å². The minimum atomic E-state index is -0.209. The number of anilines is 1. The van der Waals surface area contributed by atoms with E-state index in [4.69, 9.17) is 0 Å². The van der Waals surface area contributed by atoms with Crippen molar-refractivity contribution in [2.45, 2.75) is 39.7 Å². The van der Waals surface area contributed by atoms with Gasteiger partial charge in [-0.25, -0.2) is 0 Å². The quantitative estimate of drug-likeness (QED) is 0.737. The summed E-state index contributed by atoms with van der Waals surface area (Å²) in [5.74, 6) is 0.371. The summed E-state index contributed by atoms with van der Waals surface area (Å²) in [5.41, 5.74) is 2.81. The number of hydrogen-bond donors (Lipinski definition) is 2. The molecule has 1 aliphatic rings. The number of benzene rings is 2. The molecule has 2 aromatic rings. The molecule has 5 heteroatoms. The van der Waals surface area contributed by atoms with Gasteiger partial charge in [0, 0.05) is 25.2 Å². The minimum absolute atomic E-state index is 0.172. The first-order chi connectivity index (χ1) is 14.1. The summed E-state index contributed by atoms with van der Waals surface area (Å²) in [6.45, 7) is 8.12. The SMILES string of the molecule is CCCNC(=O)c1ccccc1NC(=O)c1ccc(CN2CCCC(C)C2)cc1. The number of carbonyl (C=O) groups is 2. The van der Waals surface area contributed by atoms with Gasteiger partial charge in [0.2, 0.25) is 0 Å². The Balaban J connectivity index is 1.63. The van der Waals surface area contributed by atoms with Gasteiger partial charge in [-0.3, -0.25) is 14.5 Å². The van der Waals surface area contributed by atoms with Gasteiger partial charge in [0.1, 0.15) is 0 Å². The van der Waals surface area contributed by atoms with E-state index in [1.807, 2.05) is 37.3 Å². The van der Waals surface area contributed by atoms with Crippen LogP contribution in [0.4, 0.5) is 5.69 Å². The fraction of sp³-hybridized carbons (Fsp3) is 0.417. The number of nitrogens with one attached hydrogen (secondary N) is 2. The van der Waals surface area contributed by atoms with Crippen LogP contribution in [-0.4, -0.2) is 36.3 Å². The Kier molecular flexibility index (Phi) is 7.42. The highest BCUT2D eigenvalue weighted by atomic mass is 16.2. The zero-order valence-electron chi connectivity index (χ0n) is 17.4. The Hall–Kier alpha value is -2.66. The number of likely N-dealkylation sites (tertiary alicyclic amines) is 1. The lowest BCUT2D eigenvalue weighted by atomic mass is 9.99. The third kappa shape index (κ3) is 5.91. The van der Waals surface area contributed by atoms with Crippen LogP contribution in [-0.2, 0) is 6.54 Å². The Morgan fingerprint density at radius 2 is 1.83 bits per heavy atom. The van der Waals surface area contributed by atoms with Gasteiger partial charge in [0.25, 0.3) is 11.8 Å². The first-order valence-corrected chi connectivity index (χ1v) is 10.6. The third-order valence-corrected chi connectivity index (χ3v) is 5.32. The van der Waals surface area contributed by atoms with E-state index >= 15 is 0 Å². The molecule has 0 spiro atoms. The number of carbonyl (C=O) groups excluding carboxylic acids is 2. The maximum absolute atomic E-state index is 12.7. The molecule has 1 saturated heterocycles. The Labute approximate surface area is 173 Å². The molecule has 2 aromatic carbocycles. The first kappa shape index (κ1) is 21.1. The lowest BCUT2D eigenvalue weighted by molar-refractivity contribution is 0.0954. The summed E-state index contributed by atoms with van der Waals surface area (Å²) in [7, 11) is 0. The summed E-state index contributed by atoms with van der Waals surface area (Å²) >= 11 is 0. The first-order valence-electron chi connectivity index (χ1n) is 10.6. The molecule has 2 amide bonds. The number of hydrogen-bond acceptors (Lipinski definition) is 3. The van der Waals surface area contributed by atoms with Gasteiger partial charge in [0.15, 0.2) is 0 Å². The van der Waals surface area contributed by atoms with Crippen molar-refractivity contribution < 1.29 is 9.59 Å². The average Bonchev–Trinajstić information content (AvgIpc) is 2.73. The van der Waals surface area contributed by atoms with Gasteiger partial charge in [0.05, 0.1) is 11.3 Å². The molecule has 1 unspecified atom stereocenters. The monoisotopic (exact) mass is 393 g/mol. The molecule has 1 aliphatic heterocycles. The molecule has 5 nitrogen and oxygen atoms in total. The Morgan fingerprint density at radius 1 is 1.07 bits per heavy atom. The fourth-order valence-electron chi connectivity index (χ4n) is 3.77. The molecule has 1 heterocycles. The second-order valence-electron chi connectivity index (χ2n) is 7.94. The summed E-state index contributed by atoms with van der Waals surface area (Å²) in [6, 6.07) is 14.9. The van der Waals surface area contributed by atoms with Crippen LogP contribution in [0, 0.1) is 5.92 Å². The minimum Gasteiger partial charge on any atom is -0.352 e. The van der Waals surface area contributed by atoms with Crippen molar-refractivity contribution in [1.29, 1.82) is 0 Å². The van der Waals surface area contributed by atoms with Crippen LogP contribution in [0.1, 0.15) is 59.4 Å². The van der Waals surface area contributed by atoms with Gasteiger partial charge in [-0.15, -0.1) is 0 Å². The molecular weight excluding hydrogens is 362 g/mol. The van der Waals surface area contributed by atoms with E-state index < -0.39 is 0 Å². The van der Waals surface area contributed by atoms with Crippen LogP contribution >= 0.6 is 0 Å². The molecule has 29 heavy (non-hydrogen) atoms. The molecular formula is C24H31N3O2. The molecule has 0 aliphatic carbocycles. The van der Waals surface area contributed by atoms with Crippen LogP contribution in [0.5, 0.6) is 0 Å². The van der Waals surface area contributed by atoms with Gasteiger partial charge in [-0.2, -0.15) is 0 Å². The number of amides is 2. The fourth-order valence-corrected chi connectivity index (χ4v) is 3.77. The highest BCUT2D eigenvalue weighted by Crippen LogP contribution is 2.19. The highest BCUT2D eigenvalue weighted by molar-refractivity contribution is 6.09. The van der Waals surface area contributed by atoms with Crippen molar-refractivity contribution in [1.82, 2.24) is 10.2 Å². The van der Waals surface area contributed by atoms with Gasteiger partial charge >= 0.3 is 0 Å². The van der Waals surface area contributed by atoms with Gasteiger partial charge < -0.3 is 10.6 Å². The molecule has 0 bridgehead atoms. The number of rotatable bonds is 7. The maximum Gasteiger partial charge on any atom is 0.255 e. The molecule has 0 aromatic heterocycles. The van der Waals surface area contributed by atoms with Crippen molar-refractivity contribution in [3.63, 3.8) is 0 Å². The number of piperidine rings is 1. The van der Waals surface area contributed by atoms with Crippen molar-refractivity contribution in [2.75, 3.05) is 25.0 Å². The largest absolute Gasteiger partial charge is 0.352 e. The van der Waals surface area contributed by atoms with Crippen LogP contribution in [0.25, 0.3) is 0 Å². The average molecular weight is 394 g/mol. The molecule has 1 atom stereocenters.